The van der Waals surface area contributed by atoms with Gasteiger partial charge in [0, 0.05) is 54.6 Å². The highest BCUT2D eigenvalue weighted by Gasteiger charge is 2.25. The number of benzene rings is 2. The van der Waals surface area contributed by atoms with Crippen LogP contribution in [0.1, 0.15) is 79.7 Å². The Morgan fingerprint density at radius 1 is 0.921 bits per heavy atom. The lowest BCUT2D eigenvalue weighted by atomic mass is 9.93. The van der Waals surface area contributed by atoms with Crippen molar-refractivity contribution < 1.29 is 4.79 Å². The van der Waals surface area contributed by atoms with E-state index in [1.54, 1.807) is 0 Å². The normalized spacial score (nSPS) is 14.2. The Hall–Kier alpha value is -3.12. The summed E-state index contributed by atoms with van der Waals surface area (Å²) < 4.78 is 0. The minimum absolute atomic E-state index is 0.0294. The van der Waals surface area contributed by atoms with Crippen molar-refractivity contribution in [3.05, 3.63) is 81.3 Å². The second-order valence-corrected chi connectivity index (χ2v) is 11.3. The number of carbonyl (C=O) groups excluding carboxylic acids is 1. The molecule has 4 rings (SSSR count). The summed E-state index contributed by atoms with van der Waals surface area (Å²) in [5.74, 6) is 2.39. The third-order valence-electron chi connectivity index (χ3n) is 7.29. The van der Waals surface area contributed by atoms with Gasteiger partial charge in [0.1, 0.15) is 11.6 Å². The van der Waals surface area contributed by atoms with Gasteiger partial charge >= 0.3 is 6.03 Å². The van der Waals surface area contributed by atoms with Gasteiger partial charge in [0.15, 0.2) is 0 Å². The molecule has 7 heteroatoms. The molecule has 38 heavy (non-hydrogen) atoms. The van der Waals surface area contributed by atoms with Crippen LogP contribution in [0.4, 0.5) is 16.3 Å². The van der Waals surface area contributed by atoms with Gasteiger partial charge in [-0.15, -0.1) is 0 Å². The number of nitrogens with one attached hydrogen (secondary N) is 1. The third-order valence-corrected chi connectivity index (χ3v) is 7.54. The summed E-state index contributed by atoms with van der Waals surface area (Å²) >= 11 is 6.11. The number of nitrogens with zero attached hydrogens (tertiary/aromatic N) is 4. The van der Waals surface area contributed by atoms with Crippen molar-refractivity contribution >= 4 is 29.1 Å². The van der Waals surface area contributed by atoms with Gasteiger partial charge in [-0.1, -0.05) is 69.6 Å². The number of rotatable bonds is 6. The second-order valence-electron chi connectivity index (χ2n) is 10.8. The topological polar surface area (TPSA) is 61.4 Å². The van der Waals surface area contributed by atoms with Crippen molar-refractivity contribution in [1.82, 2.24) is 14.9 Å². The number of halogens is 1. The summed E-state index contributed by atoms with van der Waals surface area (Å²) in [5.41, 5.74) is 6.62. The number of carbonyl (C=O) groups is 1. The minimum Gasteiger partial charge on any atom is -0.354 e. The highest BCUT2D eigenvalue weighted by atomic mass is 35.5. The number of aryl methyl sites for hydroxylation is 2. The van der Waals surface area contributed by atoms with E-state index in [1.807, 2.05) is 24.0 Å². The molecule has 0 unspecified atom stereocenters. The van der Waals surface area contributed by atoms with Gasteiger partial charge in [-0.05, 0) is 60.9 Å². The zero-order valence-corrected chi connectivity index (χ0v) is 24.3. The van der Waals surface area contributed by atoms with Crippen molar-refractivity contribution in [1.29, 1.82) is 0 Å². The van der Waals surface area contributed by atoms with Crippen LogP contribution in [0.15, 0.2) is 42.5 Å². The predicted octanol–water partition coefficient (Wildman–Crippen LogP) is 7.33. The number of aromatic nitrogens is 2. The van der Waals surface area contributed by atoms with Crippen LogP contribution in [0.25, 0.3) is 0 Å². The predicted molar refractivity (Wildman–Crippen MR) is 158 cm³/mol. The average molecular weight is 534 g/mol. The molecule has 0 radical (unpaired) electrons. The molecule has 0 saturated carbocycles. The summed E-state index contributed by atoms with van der Waals surface area (Å²) in [6.07, 6.45) is 1.61. The molecule has 6 nitrogen and oxygen atoms in total. The van der Waals surface area contributed by atoms with Gasteiger partial charge in [-0.25, -0.2) is 14.8 Å². The highest BCUT2D eigenvalue weighted by molar-refractivity contribution is 6.30. The Balaban J connectivity index is 1.53. The molecule has 2 amide bonds. The van der Waals surface area contributed by atoms with Crippen LogP contribution in [-0.2, 0) is 6.42 Å². The number of hydrogen-bond acceptors (Lipinski definition) is 4. The van der Waals surface area contributed by atoms with Crippen molar-refractivity contribution in [3.8, 4) is 0 Å². The van der Waals surface area contributed by atoms with E-state index in [1.165, 1.54) is 16.7 Å². The molecule has 1 aliphatic heterocycles. The maximum Gasteiger partial charge on any atom is 0.321 e. The van der Waals surface area contributed by atoms with Crippen LogP contribution >= 0.6 is 11.6 Å². The van der Waals surface area contributed by atoms with Crippen LogP contribution < -0.4 is 10.2 Å². The quantitative estimate of drug-likeness (QED) is 0.360. The van der Waals surface area contributed by atoms with E-state index < -0.39 is 0 Å². The van der Waals surface area contributed by atoms with Gasteiger partial charge < -0.3 is 15.1 Å². The molecule has 3 aromatic rings. The smallest absolute Gasteiger partial charge is 0.321 e. The van der Waals surface area contributed by atoms with Gasteiger partial charge in [-0.3, -0.25) is 0 Å². The fourth-order valence-corrected chi connectivity index (χ4v) is 5.33. The molecule has 1 saturated heterocycles. The molecule has 202 valence electrons. The first-order valence-electron chi connectivity index (χ1n) is 13.7. The monoisotopic (exact) mass is 533 g/mol. The first kappa shape index (κ1) is 27.9. The zero-order chi connectivity index (χ0) is 27.4. The van der Waals surface area contributed by atoms with Crippen LogP contribution in [0.2, 0.25) is 5.02 Å². The van der Waals surface area contributed by atoms with Crippen LogP contribution in [0.5, 0.6) is 0 Å². The van der Waals surface area contributed by atoms with E-state index >= 15 is 0 Å². The van der Waals surface area contributed by atoms with Gasteiger partial charge in [0.05, 0.1) is 0 Å². The van der Waals surface area contributed by atoms with E-state index in [4.69, 9.17) is 16.6 Å². The summed E-state index contributed by atoms with van der Waals surface area (Å²) in [4.78, 5) is 27.3. The number of anilines is 2. The largest absolute Gasteiger partial charge is 0.354 e. The lowest BCUT2D eigenvalue weighted by Crippen LogP contribution is -2.38. The average Bonchev–Trinajstić information content (AvgIpc) is 3.13. The van der Waals surface area contributed by atoms with Crippen molar-refractivity contribution in [2.24, 2.45) is 0 Å². The summed E-state index contributed by atoms with van der Waals surface area (Å²) in [5, 5.41) is 4.02. The van der Waals surface area contributed by atoms with E-state index in [-0.39, 0.29) is 6.03 Å². The molecule has 0 aliphatic carbocycles. The molecule has 0 bridgehead atoms. The van der Waals surface area contributed by atoms with Crippen molar-refractivity contribution in [3.63, 3.8) is 0 Å². The molecule has 2 aromatic carbocycles. The highest BCUT2D eigenvalue weighted by Crippen LogP contribution is 2.33. The maximum atomic E-state index is 13.5. The second kappa shape index (κ2) is 12.2. The molecule has 2 heterocycles. The van der Waals surface area contributed by atoms with E-state index in [0.717, 1.165) is 59.5 Å². The molecular weight excluding hydrogens is 494 g/mol. The first-order valence-corrected chi connectivity index (χ1v) is 14.0. The molecule has 1 aliphatic rings. The lowest BCUT2D eigenvalue weighted by Gasteiger charge is -2.27. The Morgan fingerprint density at radius 2 is 1.58 bits per heavy atom. The fourth-order valence-electron chi connectivity index (χ4n) is 5.21. The van der Waals surface area contributed by atoms with Crippen molar-refractivity contribution in [2.75, 3.05) is 36.4 Å². The first-order chi connectivity index (χ1) is 18.1. The fraction of sp³-hybridized carbons (Fsp3) is 0.452. The molecule has 0 spiro atoms. The van der Waals surface area contributed by atoms with Gasteiger partial charge in [0.25, 0.3) is 0 Å². The minimum atomic E-state index is -0.0294. The SMILES string of the molecule is Cc1nc(C)c(Cc2ccc(Cl)cc2)c(N2CCCN(C(=O)Nc3c(C(C)C)cccc3C(C)C)CC2)n1. The van der Waals surface area contributed by atoms with Crippen molar-refractivity contribution in [2.45, 2.75) is 66.2 Å². The van der Waals surface area contributed by atoms with E-state index in [0.29, 0.717) is 24.9 Å². The summed E-state index contributed by atoms with van der Waals surface area (Å²) in [6.45, 7) is 15.6. The molecule has 1 aromatic heterocycles. The van der Waals surface area contributed by atoms with Crippen LogP contribution in [0, 0.1) is 13.8 Å². The Morgan fingerprint density at radius 3 is 2.21 bits per heavy atom. The summed E-state index contributed by atoms with van der Waals surface area (Å²) in [7, 11) is 0. The van der Waals surface area contributed by atoms with Gasteiger partial charge in [-0.2, -0.15) is 0 Å². The molecule has 1 fully saturated rings. The number of para-hydroxylation sites is 1. The Labute approximate surface area is 232 Å². The van der Waals surface area contributed by atoms with E-state index in [9.17, 15) is 4.79 Å². The summed E-state index contributed by atoms with van der Waals surface area (Å²) in [6, 6.07) is 14.3. The maximum absolute atomic E-state index is 13.5. The van der Waals surface area contributed by atoms with E-state index in [2.05, 4.69) is 80.2 Å². The standard InChI is InChI=1S/C31H40ClN5O/c1-20(2)26-9-7-10-27(21(3)4)29(26)35-31(38)37-16-8-15-36(17-18-37)30-28(22(5)33-23(6)34-30)19-24-11-13-25(32)14-12-24/h7,9-14,20-21H,8,15-19H2,1-6H3,(H,35,38). The van der Waals surface area contributed by atoms with Crippen LogP contribution in [0.3, 0.4) is 0 Å². The number of amides is 2. The lowest BCUT2D eigenvalue weighted by molar-refractivity contribution is 0.215. The molecule has 1 N–H and O–H groups in total. The van der Waals surface area contributed by atoms with Crippen LogP contribution in [-0.4, -0.2) is 47.1 Å². The molecule has 0 atom stereocenters. The number of hydrogen-bond donors (Lipinski definition) is 1. The Kier molecular flexibility index (Phi) is 8.93. The Bertz CT molecular complexity index is 1250. The van der Waals surface area contributed by atoms with Gasteiger partial charge in [0.2, 0.25) is 0 Å². The molecular formula is C31H40ClN5O. The number of urea groups is 1. The third kappa shape index (κ3) is 6.47. The zero-order valence-electron chi connectivity index (χ0n) is 23.5.